The van der Waals surface area contributed by atoms with Crippen LogP contribution in [0, 0.1) is 0 Å². The molecule has 0 radical (unpaired) electrons. The number of nitrogens with two attached hydrogens (primary N) is 2. The van der Waals surface area contributed by atoms with Gasteiger partial charge in [0.25, 0.3) is 0 Å². The maximum atomic E-state index is 11.8. The summed E-state index contributed by atoms with van der Waals surface area (Å²) in [6, 6.07) is -2.39. The molecule has 0 spiro atoms. The quantitative estimate of drug-likeness (QED) is 0.0834. The fraction of sp³-hybridized carbons (Fsp3) is 0.846. The minimum Gasteiger partial charge on any atom is -0.394 e. The first kappa shape index (κ1) is 21.2. The molecule has 0 aliphatic carbocycles. The highest BCUT2D eigenvalue weighted by Crippen LogP contribution is 2.31. The first-order valence-electron chi connectivity index (χ1n) is 7.67. The fourth-order valence-electron chi connectivity index (χ4n) is 2.48. The summed E-state index contributed by atoms with van der Waals surface area (Å²) < 4.78 is 19.4. The van der Waals surface area contributed by atoms with Crippen LogP contribution in [0.3, 0.4) is 0 Å². The molecule has 2 rings (SSSR count). The van der Waals surface area contributed by atoms with E-state index in [1.807, 2.05) is 0 Å². The Bertz CT molecular complexity index is 525. The standard InChI is InChI=1S/C13H21ClN2O10/c14-12(10(21)25-13(15,16)26-11(12)22)2-1-3-23-9-8(20)7(19)6(18)5(4-17)24-9/h5-9,17-20H,1-4,15-16H2/t5-,6-,7+,8-,9?/m1/s1. The molecule has 1 unspecified atom stereocenters. The summed E-state index contributed by atoms with van der Waals surface area (Å²) in [5, 5.41) is 38.2. The van der Waals surface area contributed by atoms with Crippen LogP contribution in [0.4, 0.5) is 0 Å². The molecule has 12 nitrogen and oxygen atoms in total. The second-order valence-corrected chi connectivity index (χ2v) is 6.62. The Morgan fingerprint density at radius 3 is 2.19 bits per heavy atom. The lowest BCUT2D eigenvalue weighted by atomic mass is 9.99. The van der Waals surface area contributed by atoms with E-state index < -0.39 is 60.2 Å². The molecule has 2 aliphatic heterocycles. The molecule has 0 bridgehead atoms. The van der Waals surface area contributed by atoms with Crippen LogP contribution in [0.5, 0.6) is 0 Å². The molecule has 0 aromatic heterocycles. The normalized spacial score (nSPS) is 36.3. The van der Waals surface area contributed by atoms with Gasteiger partial charge in [0.15, 0.2) is 6.29 Å². The molecule has 13 heteroatoms. The minimum absolute atomic E-state index is 0.0187. The average molecular weight is 401 g/mol. The van der Waals surface area contributed by atoms with Gasteiger partial charge in [0.2, 0.25) is 4.87 Å². The van der Waals surface area contributed by atoms with Gasteiger partial charge < -0.3 is 39.4 Å². The van der Waals surface area contributed by atoms with Crippen molar-refractivity contribution in [2.45, 2.75) is 54.5 Å². The molecule has 0 aromatic rings. The molecule has 2 fully saturated rings. The Kier molecular flexibility index (Phi) is 6.43. The summed E-state index contributed by atoms with van der Waals surface area (Å²) in [5.41, 5.74) is 10.4. The van der Waals surface area contributed by atoms with Crippen molar-refractivity contribution in [3.8, 4) is 0 Å². The van der Waals surface area contributed by atoms with E-state index in [9.17, 15) is 24.9 Å². The largest absolute Gasteiger partial charge is 0.394 e. The third-order valence-electron chi connectivity index (χ3n) is 3.95. The van der Waals surface area contributed by atoms with Crippen molar-refractivity contribution in [1.29, 1.82) is 0 Å². The monoisotopic (exact) mass is 400 g/mol. The van der Waals surface area contributed by atoms with Crippen LogP contribution in [-0.4, -0.2) is 87.2 Å². The number of rotatable bonds is 6. The van der Waals surface area contributed by atoms with Gasteiger partial charge in [0.05, 0.1) is 6.61 Å². The van der Waals surface area contributed by atoms with Gasteiger partial charge in [0.1, 0.15) is 24.4 Å². The molecule has 2 heterocycles. The first-order valence-corrected chi connectivity index (χ1v) is 8.05. The molecule has 150 valence electrons. The molecule has 2 aliphatic rings. The highest BCUT2D eigenvalue weighted by atomic mass is 35.5. The Labute approximate surface area is 152 Å². The van der Waals surface area contributed by atoms with E-state index in [-0.39, 0.29) is 19.4 Å². The van der Waals surface area contributed by atoms with Crippen LogP contribution in [0.1, 0.15) is 12.8 Å². The van der Waals surface area contributed by atoms with Crippen molar-refractivity contribution >= 4 is 23.5 Å². The number of carbonyl (C=O) groups excluding carboxylic acids is 2. The summed E-state index contributed by atoms with van der Waals surface area (Å²) in [7, 11) is 0. The minimum atomic E-state index is -2.39. The van der Waals surface area contributed by atoms with Gasteiger partial charge >= 0.3 is 18.0 Å². The van der Waals surface area contributed by atoms with Gasteiger partial charge in [-0.2, -0.15) is 0 Å². The van der Waals surface area contributed by atoms with E-state index in [4.69, 9.17) is 37.6 Å². The molecular weight excluding hydrogens is 380 g/mol. The van der Waals surface area contributed by atoms with Crippen LogP contribution < -0.4 is 11.5 Å². The third kappa shape index (κ3) is 4.24. The molecule has 2 saturated heterocycles. The molecule has 8 N–H and O–H groups in total. The number of ether oxygens (including phenoxy) is 4. The summed E-state index contributed by atoms with van der Waals surface area (Å²) in [6.07, 6.45) is -7.38. The maximum Gasteiger partial charge on any atom is 0.380 e. The van der Waals surface area contributed by atoms with Gasteiger partial charge in [-0.15, -0.1) is 0 Å². The second-order valence-electron chi connectivity index (χ2n) is 5.97. The predicted molar refractivity (Wildman–Crippen MR) is 80.8 cm³/mol. The molecule has 26 heavy (non-hydrogen) atoms. The second kappa shape index (κ2) is 7.88. The zero-order chi connectivity index (χ0) is 19.7. The number of hydrogen-bond acceptors (Lipinski definition) is 12. The molecule has 0 aromatic carbocycles. The van der Waals surface area contributed by atoms with Gasteiger partial charge in [-0.25, -0.2) is 21.1 Å². The number of hydrogen-bond donors (Lipinski definition) is 6. The van der Waals surface area contributed by atoms with E-state index in [2.05, 4.69) is 9.47 Å². The van der Waals surface area contributed by atoms with Gasteiger partial charge in [-0.05, 0) is 12.8 Å². The van der Waals surface area contributed by atoms with Crippen LogP contribution in [0.15, 0.2) is 0 Å². The van der Waals surface area contributed by atoms with E-state index in [1.165, 1.54) is 0 Å². The Morgan fingerprint density at radius 1 is 1.08 bits per heavy atom. The van der Waals surface area contributed by atoms with Crippen molar-refractivity contribution in [2.75, 3.05) is 13.2 Å². The number of aliphatic hydroxyl groups is 4. The number of halogens is 1. The van der Waals surface area contributed by atoms with E-state index in [0.717, 1.165) is 0 Å². The van der Waals surface area contributed by atoms with Crippen LogP contribution in [-0.2, 0) is 28.5 Å². The lowest BCUT2D eigenvalue weighted by Gasteiger charge is -2.39. The summed E-state index contributed by atoms with van der Waals surface area (Å²) in [4.78, 5) is 21.5. The maximum absolute atomic E-state index is 11.8. The Hall–Kier alpha value is -1.09. The molecule has 0 amide bonds. The first-order chi connectivity index (χ1) is 12.0. The van der Waals surface area contributed by atoms with Crippen LogP contribution >= 0.6 is 11.6 Å². The topological polar surface area (TPSA) is 204 Å². The number of aliphatic hydroxyl groups excluding tert-OH is 4. The summed E-state index contributed by atoms with van der Waals surface area (Å²) >= 11 is 5.94. The Balaban J connectivity index is 1.86. The third-order valence-corrected chi connectivity index (χ3v) is 4.45. The summed E-state index contributed by atoms with van der Waals surface area (Å²) in [5.74, 6) is -2.35. The number of cyclic esters (lactones) is 2. The molecule has 0 saturated carbocycles. The Morgan fingerprint density at radius 2 is 1.65 bits per heavy atom. The van der Waals surface area contributed by atoms with Crippen LogP contribution in [0.2, 0.25) is 0 Å². The number of alkyl halides is 1. The number of esters is 2. The van der Waals surface area contributed by atoms with Crippen molar-refractivity contribution in [3.63, 3.8) is 0 Å². The molecular formula is C13H21ClN2O10. The van der Waals surface area contributed by atoms with Crippen molar-refractivity contribution in [2.24, 2.45) is 11.5 Å². The zero-order valence-corrected chi connectivity index (χ0v) is 14.2. The van der Waals surface area contributed by atoms with E-state index in [1.54, 1.807) is 0 Å². The zero-order valence-electron chi connectivity index (χ0n) is 13.5. The van der Waals surface area contributed by atoms with Crippen molar-refractivity contribution in [1.82, 2.24) is 0 Å². The predicted octanol–water partition coefficient (Wildman–Crippen LogP) is -3.81. The van der Waals surface area contributed by atoms with Gasteiger partial charge in [0, 0.05) is 6.61 Å². The highest BCUT2D eigenvalue weighted by Gasteiger charge is 2.56. The van der Waals surface area contributed by atoms with Crippen molar-refractivity contribution in [3.05, 3.63) is 0 Å². The van der Waals surface area contributed by atoms with E-state index in [0.29, 0.717) is 0 Å². The smallest absolute Gasteiger partial charge is 0.380 e. The van der Waals surface area contributed by atoms with E-state index >= 15 is 0 Å². The highest BCUT2D eigenvalue weighted by molar-refractivity contribution is 6.45. The SMILES string of the molecule is NC1(N)OC(=O)C(Cl)(CCCOC2O[C@H](CO)[C@@H](O)[C@H](O)[C@H]2O)C(=O)O1. The fourth-order valence-corrected chi connectivity index (χ4v) is 2.69. The van der Waals surface area contributed by atoms with Crippen LogP contribution in [0.25, 0.3) is 0 Å². The van der Waals surface area contributed by atoms with Gasteiger partial charge in [-0.3, -0.25) is 0 Å². The lowest BCUT2D eigenvalue weighted by Crippen LogP contribution is -2.66. The average Bonchev–Trinajstić information content (AvgIpc) is 2.56. The number of carbonyl (C=O) groups is 2. The van der Waals surface area contributed by atoms with Gasteiger partial charge in [-0.1, -0.05) is 11.6 Å². The molecule has 5 atom stereocenters. The summed E-state index contributed by atoms with van der Waals surface area (Å²) in [6.45, 7) is -0.763. The van der Waals surface area contributed by atoms with Crippen molar-refractivity contribution < 1.29 is 49.0 Å². The lowest BCUT2D eigenvalue weighted by molar-refractivity contribution is -0.301.